The van der Waals surface area contributed by atoms with Crippen LogP contribution in [0.3, 0.4) is 0 Å². The van der Waals surface area contributed by atoms with Gasteiger partial charge in [-0.3, -0.25) is 14.5 Å². The van der Waals surface area contributed by atoms with Crippen LogP contribution in [0.15, 0.2) is 60.7 Å². The van der Waals surface area contributed by atoms with Crippen LogP contribution >= 0.6 is 0 Å². The van der Waals surface area contributed by atoms with E-state index in [0.29, 0.717) is 19.6 Å². The van der Waals surface area contributed by atoms with Crippen molar-refractivity contribution in [2.75, 3.05) is 31.5 Å². The van der Waals surface area contributed by atoms with Crippen molar-refractivity contribution in [2.24, 2.45) is 5.92 Å². The maximum absolute atomic E-state index is 12.6. The molecule has 1 aliphatic carbocycles. The summed E-state index contributed by atoms with van der Waals surface area (Å²) in [6.07, 6.45) is 5.28. The van der Waals surface area contributed by atoms with Crippen molar-refractivity contribution in [1.29, 1.82) is 0 Å². The highest BCUT2D eigenvalue weighted by molar-refractivity contribution is 5.92. The summed E-state index contributed by atoms with van der Waals surface area (Å²) in [7, 11) is 0. The monoisotopic (exact) mass is 405 g/mol. The fourth-order valence-electron chi connectivity index (χ4n) is 4.67. The molecule has 2 aliphatic rings. The van der Waals surface area contributed by atoms with Crippen molar-refractivity contribution < 1.29 is 9.59 Å². The Morgan fingerprint density at radius 2 is 1.67 bits per heavy atom. The molecule has 2 amide bonds. The Labute approximate surface area is 178 Å². The summed E-state index contributed by atoms with van der Waals surface area (Å²) >= 11 is 0. The molecule has 2 aromatic rings. The summed E-state index contributed by atoms with van der Waals surface area (Å²) < 4.78 is 0. The van der Waals surface area contributed by atoms with Crippen LogP contribution in [0.5, 0.6) is 0 Å². The molecule has 2 fully saturated rings. The van der Waals surface area contributed by atoms with Crippen molar-refractivity contribution in [3.8, 4) is 0 Å². The topological polar surface area (TPSA) is 61.4 Å². The quantitative estimate of drug-likeness (QED) is 0.740. The highest BCUT2D eigenvalue weighted by atomic mass is 16.2. The number of nitrogens with zero attached hydrogens (tertiary/aromatic N) is 1. The van der Waals surface area contributed by atoms with Crippen molar-refractivity contribution >= 4 is 17.5 Å². The summed E-state index contributed by atoms with van der Waals surface area (Å²) in [6.45, 7) is 2.56. The first-order valence-corrected chi connectivity index (χ1v) is 11.1. The van der Waals surface area contributed by atoms with Gasteiger partial charge in [0.25, 0.3) is 0 Å². The van der Waals surface area contributed by atoms with Crippen LogP contribution in [0.2, 0.25) is 0 Å². The molecule has 1 aliphatic heterocycles. The fourth-order valence-corrected chi connectivity index (χ4v) is 4.67. The number of hydrogen-bond donors (Lipinski definition) is 2. The third-order valence-corrected chi connectivity index (χ3v) is 6.61. The van der Waals surface area contributed by atoms with E-state index in [1.807, 2.05) is 36.4 Å². The molecule has 0 bridgehead atoms. The van der Waals surface area contributed by atoms with Crippen molar-refractivity contribution in [2.45, 2.75) is 37.5 Å². The zero-order chi connectivity index (χ0) is 20.8. The van der Waals surface area contributed by atoms with Crippen LogP contribution in [-0.4, -0.2) is 42.9 Å². The number of carbonyl (C=O) groups is 2. The van der Waals surface area contributed by atoms with Gasteiger partial charge in [-0.25, -0.2) is 0 Å². The fraction of sp³-hybridized carbons (Fsp3) is 0.440. The molecule has 0 radical (unpaired) electrons. The van der Waals surface area contributed by atoms with Gasteiger partial charge in [-0.05, 0) is 49.9 Å². The molecule has 5 heteroatoms. The normalized spacial score (nSPS) is 20.7. The molecule has 4 rings (SSSR count). The number of nitrogens with one attached hydrogen (secondary N) is 2. The van der Waals surface area contributed by atoms with Crippen LogP contribution < -0.4 is 10.6 Å². The van der Waals surface area contributed by atoms with Gasteiger partial charge in [-0.2, -0.15) is 0 Å². The van der Waals surface area contributed by atoms with E-state index in [4.69, 9.17) is 0 Å². The number of anilines is 1. The van der Waals surface area contributed by atoms with Gasteiger partial charge in [0.1, 0.15) is 0 Å². The number of piperidine rings is 1. The van der Waals surface area contributed by atoms with Crippen LogP contribution in [0.4, 0.5) is 5.69 Å². The maximum atomic E-state index is 12.6. The minimum absolute atomic E-state index is 0.0452. The number of likely N-dealkylation sites (tertiary alicyclic amines) is 1. The molecule has 158 valence electrons. The second kappa shape index (κ2) is 9.43. The molecular weight excluding hydrogens is 374 g/mol. The summed E-state index contributed by atoms with van der Waals surface area (Å²) in [5.41, 5.74) is 2.24. The van der Waals surface area contributed by atoms with Gasteiger partial charge in [0, 0.05) is 24.2 Å². The third-order valence-electron chi connectivity index (χ3n) is 6.61. The first-order valence-electron chi connectivity index (χ1n) is 11.1. The largest absolute Gasteiger partial charge is 0.354 e. The molecule has 5 nitrogen and oxygen atoms in total. The summed E-state index contributed by atoms with van der Waals surface area (Å²) in [4.78, 5) is 27.4. The molecule has 1 heterocycles. The summed E-state index contributed by atoms with van der Waals surface area (Å²) in [5, 5.41) is 6.17. The van der Waals surface area contributed by atoms with E-state index >= 15 is 0 Å². The van der Waals surface area contributed by atoms with Gasteiger partial charge in [-0.1, -0.05) is 55.0 Å². The smallest absolute Gasteiger partial charge is 0.234 e. The van der Waals surface area contributed by atoms with Crippen LogP contribution in [0, 0.1) is 5.92 Å². The van der Waals surface area contributed by atoms with E-state index in [1.165, 1.54) is 12.0 Å². The van der Waals surface area contributed by atoms with Crippen LogP contribution in [0.25, 0.3) is 0 Å². The lowest BCUT2D eigenvalue weighted by atomic mass is 9.64. The van der Waals surface area contributed by atoms with E-state index in [2.05, 4.69) is 39.8 Å². The number of hydrogen-bond acceptors (Lipinski definition) is 3. The minimum Gasteiger partial charge on any atom is -0.354 e. The Bertz CT molecular complexity index is 849. The maximum Gasteiger partial charge on any atom is 0.234 e. The van der Waals surface area contributed by atoms with E-state index in [1.54, 1.807) is 0 Å². The van der Waals surface area contributed by atoms with Crippen molar-refractivity contribution in [1.82, 2.24) is 10.2 Å². The van der Waals surface area contributed by atoms with Crippen molar-refractivity contribution in [3.05, 3.63) is 66.2 Å². The molecule has 1 saturated carbocycles. The molecule has 0 spiro atoms. The molecule has 0 unspecified atom stereocenters. The van der Waals surface area contributed by atoms with Gasteiger partial charge in [0.15, 0.2) is 0 Å². The molecule has 2 N–H and O–H groups in total. The van der Waals surface area contributed by atoms with Gasteiger partial charge in [0.2, 0.25) is 11.8 Å². The first-order chi connectivity index (χ1) is 14.6. The van der Waals surface area contributed by atoms with Gasteiger partial charge in [-0.15, -0.1) is 0 Å². The number of para-hydroxylation sites is 1. The average molecular weight is 406 g/mol. The predicted molar refractivity (Wildman–Crippen MR) is 119 cm³/mol. The lowest BCUT2D eigenvalue weighted by Gasteiger charge is -2.42. The summed E-state index contributed by atoms with van der Waals surface area (Å²) in [6, 6.07) is 20.1. The van der Waals surface area contributed by atoms with E-state index in [-0.39, 0.29) is 23.1 Å². The van der Waals surface area contributed by atoms with Crippen LogP contribution in [-0.2, 0) is 15.0 Å². The number of amides is 2. The molecular formula is C25H31N3O2. The van der Waals surface area contributed by atoms with E-state index < -0.39 is 0 Å². The van der Waals surface area contributed by atoms with Gasteiger partial charge < -0.3 is 10.6 Å². The lowest BCUT2D eigenvalue weighted by Crippen LogP contribution is -2.49. The Kier molecular flexibility index (Phi) is 6.48. The molecule has 30 heavy (non-hydrogen) atoms. The Balaban J connectivity index is 1.26. The second-order valence-electron chi connectivity index (χ2n) is 8.71. The second-order valence-corrected chi connectivity index (χ2v) is 8.71. The molecule has 2 aromatic carbocycles. The molecule has 1 atom stereocenters. The lowest BCUT2D eigenvalue weighted by molar-refractivity contribution is -0.126. The highest BCUT2D eigenvalue weighted by Gasteiger charge is 2.38. The Morgan fingerprint density at radius 1 is 0.967 bits per heavy atom. The highest BCUT2D eigenvalue weighted by Crippen LogP contribution is 2.43. The third kappa shape index (κ3) is 4.90. The Hall–Kier alpha value is -2.66. The molecule has 0 aromatic heterocycles. The first kappa shape index (κ1) is 20.6. The van der Waals surface area contributed by atoms with Gasteiger partial charge in [0.05, 0.1) is 12.5 Å². The van der Waals surface area contributed by atoms with Gasteiger partial charge >= 0.3 is 0 Å². The number of benzene rings is 2. The summed E-state index contributed by atoms with van der Waals surface area (Å²) in [5.74, 6) is 0.0270. The average Bonchev–Trinajstić information content (AvgIpc) is 2.75. The molecule has 1 saturated heterocycles. The number of rotatable bonds is 7. The van der Waals surface area contributed by atoms with Crippen molar-refractivity contribution in [3.63, 3.8) is 0 Å². The zero-order valence-electron chi connectivity index (χ0n) is 17.5. The zero-order valence-corrected chi connectivity index (χ0v) is 17.5. The standard InChI is InChI=1S/C25H31N3O2/c29-23(26-19-25(14-8-15-25)21-10-3-1-4-11-21)18-28-16-7-9-20(17-28)24(30)27-22-12-5-2-6-13-22/h1-6,10-13,20H,7-9,14-19H2,(H,26,29)(H,27,30)/t20-/m1/s1. The minimum atomic E-state index is -0.0750. The number of carbonyl (C=O) groups excluding carboxylic acids is 2. The van der Waals surface area contributed by atoms with E-state index in [9.17, 15) is 9.59 Å². The SMILES string of the molecule is O=C(CN1CCC[C@@H](C(=O)Nc2ccccc2)C1)NCC1(c2ccccc2)CCC1. The van der Waals surface area contributed by atoms with E-state index in [0.717, 1.165) is 37.9 Å². The predicted octanol–water partition coefficient (Wildman–Crippen LogP) is 3.58. The Morgan fingerprint density at radius 3 is 2.33 bits per heavy atom. The van der Waals surface area contributed by atoms with Crippen LogP contribution in [0.1, 0.15) is 37.7 Å².